The first-order valence-electron chi connectivity index (χ1n) is 6.90. The number of halogens is 1. The van der Waals surface area contributed by atoms with Gasteiger partial charge in [0.05, 0.1) is 0 Å². The van der Waals surface area contributed by atoms with Crippen molar-refractivity contribution >= 4 is 11.5 Å². The van der Waals surface area contributed by atoms with Gasteiger partial charge >= 0.3 is 0 Å². The van der Waals surface area contributed by atoms with Crippen LogP contribution in [0.5, 0.6) is 0 Å². The van der Waals surface area contributed by atoms with Gasteiger partial charge in [0.2, 0.25) is 5.78 Å². The SMILES string of the molecule is O=C1c2ccccc2/C(=N\O)c2ncn(-c3ccc(F)cc3)c21. The monoisotopic (exact) mass is 307 g/mol. The summed E-state index contributed by atoms with van der Waals surface area (Å²) >= 11 is 0. The van der Waals surface area contributed by atoms with E-state index in [-0.39, 0.29) is 17.3 Å². The van der Waals surface area contributed by atoms with E-state index >= 15 is 0 Å². The van der Waals surface area contributed by atoms with Crippen molar-refractivity contribution in [1.82, 2.24) is 9.55 Å². The number of imidazole rings is 1. The van der Waals surface area contributed by atoms with E-state index in [9.17, 15) is 14.4 Å². The highest BCUT2D eigenvalue weighted by Gasteiger charge is 2.33. The topological polar surface area (TPSA) is 67.5 Å². The lowest BCUT2D eigenvalue weighted by atomic mass is 9.89. The van der Waals surface area contributed by atoms with Crippen LogP contribution in [0.1, 0.15) is 27.3 Å². The number of carbonyl (C=O) groups excluding carboxylic acids is 1. The molecule has 0 saturated carbocycles. The highest BCUT2D eigenvalue weighted by molar-refractivity contribution is 6.28. The smallest absolute Gasteiger partial charge is 0.212 e. The normalized spacial score (nSPS) is 14.7. The lowest BCUT2D eigenvalue weighted by Gasteiger charge is -2.17. The molecule has 1 N–H and O–H groups in total. The largest absolute Gasteiger partial charge is 0.410 e. The van der Waals surface area contributed by atoms with Crippen LogP contribution in [-0.2, 0) is 0 Å². The molecule has 3 aromatic rings. The summed E-state index contributed by atoms with van der Waals surface area (Å²) in [5.74, 6) is -0.582. The quantitative estimate of drug-likeness (QED) is 0.434. The van der Waals surface area contributed by atoms with Crippen LogP contribution in [0.4, 0.5) is 4.39 Å². The molecule has 23 heavy (non-hydrogen) atoms. The zero-order valence-corrected chi connectivity index (χ0v) is 11.8. The molecule has 0 amide bonds. The van der Waals surface area contributed by atoms with E-state index in [4.69, 9.17) is 0 Å². The van der Waals surface area contributed by atoms with Crippen molar-refractivity contribution in [2.75, 3.05) is 0 Å². The lowest BCUT2D eigenvalue weighted by molar-refractivity contribution is 0.103. The summed E-state index contributed by atoms with van der Waals surface area (Å²) in [6.45, 7) is 0. The van der Waals surface area contributed by atoms with E-state index in [1.54, 1.807) is 41.0 Å². The second-order valence-corrected chi connectivity index (χ2v) is 5.11. The summed E-state index contributed by atoms with van der Waals surface area (Å²) in [5, 5.41) is 12.7. The second kappa shape index (κ2) is 4.88. The molecule has 0 spiro atoms. The van der Waals surface area contributed by atoms with Crippen LogP contribution < -0.4 is 0 Å². The number of fused-ring (bicyclic) bond motifs is 2. The fraction of sp³-hybridized carbons (Fsp3) is 0. The number of carbonyl (C=O) groups is 1. The Hall–Kier alpha value is -3.28. The van der Waals surface area contributed by atoms with Crippen molar-refractivity contribution in [3.05, 3.63) is 83.2 Å². The van der Waals surface area contributed by atoms with E-state index < -0.39 is 0 Å². The molecular weight excluding hydrogens is 297 g/mol. The third kappa shape index (κ3) is 1.88. The van der Waals surface area contributed by atoms with Crippen molar-refractivity contribution in [2.24, 2.45) is 5.16 Å². The van der Waals surface area contributed by atoms with E-state index in [1.807, 2.05) is 0 Å². The van der Waals surface area contributed by atoms with Crippen molar-refractivity contribution in [3.8, 4) is 5.69 Å². The average molecular weight is 307 g/mol. The van der Waals surface area contributed by atoms with Gasteiger partial charge in [-0.3, -0.25) is 9.36 Å². The minimum Gasteiger partial charge on any atom is -0.410 e. The third-order valence-corrected chi connectivity index (χ3v) is 3.84. The van der Waals surface area contributed by atoms with Crippen LogP contribution in [0.2, 0.25) is 0 Å². The molecule has 1 aliphatic rings. The van der Waals surface area contributed by atoms with Gasteiger partial charge in [0.15, 0.2) is 0 Å². The van der Waals surface area contributed by atoms with Crippen LogP contribution in [-0.4, -0.2) is 26.3 Å². The minimum absolute atomic E-state index is 0.218. The van der Waals surface area contributed by atoms with E-state index in [0.717, 1.165) is 0 Å². The molecule has 4 rings (SSSR count). The molecule has 6 heteroatoms. The van der Waals surface area contributed by atoms with Crippen molar-refractivity contribution in [3.63, 3.8) is 0 Å². The molecule has 2 aromatic carbocycles. The van der Waals surface area contributed by atoms with Crippen LogP contribution in [0.15, 0.2) is 60.0 Å². The summed E-state index contributed by atoms with van der Waals surface area (Å²) in [6.07, 6.45) is 1.47. The maximum Gasteiger partial charge on any atom is 0.212 e. The molecule has 1 aromatic heterocycles. The Morgan fingerprint density at radius 3 is 2.43 bits per heavy atom. The molecule has 5 nitrogen and oxygen atoms in total. The average Bonchev–Trinajstić information content (AvgIpc) is 3.01. The molecule has 0 unspecified atom stereocenters. The molecule has 112 valence electrons. The Morgan fingerprint density at radius 1 is 1.04 bits per heavy atom. The van der Waals surface area contributed by atoms with E-state index in [2.05, 4.69) is 10.1 Å². The fourth-order valence-corrected chi connectivity index (χ4v) is 2.78. The van der Waals surface area contributed by atoms with Gasteiger partial charge in [-0.2, -0.15) is 0 Å². The van der Waals surface area contributed by atoms with Crippen LogP contribution in [0.3, 0.4) is 0 Å². The number of aromatic nitrogens is 2. The maximum atomic E-state index is 13.1. The molecule has 0 aliphatic heterocycles. The number of hydrogen-bond acceptors (Lipinski definition) is 4. The number of ketones is 1. The number of rotatable bonds is 1. The highest BCUT2D eigenvalue weighted by atomic mass is 19.1. The Kier molecular flexibility index (Phi) is 2.84. The summed E-state index contributed by atoms with van der Waals surface area (Å²) in [4.78, 5) is 17.0. The number of hydrogen-bond donors (Lipinski definition) is 1. The summed E-state index contributed by atoms with van der Waals surface area (Å²) < 4.78 is 14.7. The molecule has 0 saturated heterocycles. The number of oxime groups is 1. The van der Waals surface area contributed by atoms with Crippen LogP contribution in [0, 0.1) is 5.82 Å². The molecule has 0 fully saturated rings. The van der Waals surface area contributed by atoms with Gasteiger partial charge in [0.1, 0.15) is 29.2 Å². The van der Waals surface area contributed by atoms with Crippen molar-refractivity contribution < 1.29 is 14.4 Å². The first kappa shape index (κ1) is 13.4. The first-order chi connectivity index (χ1) is 11.2. The van der Waals surface area contributed by atoms with E-state index in [1.165, 1.54) is 18.5 Å². The van der Waals surface area contributed by atoms with Gasteiger partial charge in [-0.15, -0.1) is 0 Å². The van der Waals surface area contributed by atoms with Gasteiger partial charge in [0, 0.05) is 16.8 Å². The standard InChI is InChI=1S/C17H10FN3O2/c18-10-5-7-11(8-6-10)21-9-19-15-14(20-23)12-3-1-2-4-13(12)17(22)16(15)21/h1-9,23H/b20-14+. The number of nitrogens with zero attached hydrogens (tertiary/aromatic N) is 3. The van der Waals surface area contributed by atoms with Gasteiger partial charge in [-0.05, 0) is 24.3 Å². The van der Waals surface area contributed by atoms with E-state index in [0.29, 0.717) is 28.2 Å². The Balaban J connectivity index is 1.97. The summed E-state index contributed by atoms with van der Waals surface area (Å²) in [7, 11) is 0. The molecule has 0 radical (unpaired) electrons. The lowest BCUT2D eigenvalue weighted by Crippen LogP contribution is -2.23. The minimum atomic E-state index is -0.364. The van der Waals surface area contributed by atoms with Gasteiger partial charge in [-0.1, -0.05) is 29.4 Å². The molecule has 0 bridgehead atoms. The van der Waals surface area contributed by atoms with Crippen molar-refractivity contribution in [2.45, 2.75) is 0 Å². The first-order valence-corrected chi connectivity index (χ1v) is 6.90. The van der Waals surface area contributed by atoms with Crippen LogP contribution >= 0.6 is 0 Å². The van der Waals surface area contributed by atoms with Gasteiger partial charge < -0.3 is 5.21 Å². The highest BCUT2D eigenvalue weighted by Crippen LogP contribution is 2.28. The molecule has 1 aliphatic carbocycles. The van der Waals surface area contributed by atoms with Gasteiger partial charge in [0.25, 0.3) is 0 Å². The number of benzene rings is 2. The van der Waals surface area contributed by atoms with Gasteiger partial charge in [-0.25, -0.2) is 9.37 Å². The zero-order chi connectivity index (χ0) is 16.0. The zero-order valence-electron chi connectivity index (χ0n) is 11.8. The predicted octanol–water partition coefficient (Wildman–Crippen LogP) is 2.78. The summed E-state index contributed by atoms with van der Waals surface area (Å²) in [6, 6.07) is 12.6. The molecular formula is C17H10FN3O2. The Morgan fingerprint density at radius 2 is 1.74 bits per heavy atom. The fourth-order valence-electron chi connectivity index (χ4n) is 2.78. The Labute approximate surface area is 130 Å². The van der Waals surface area contributed by atoms with Crippen molar-refractivity contribution in [1.29, 1.82) is 0 Å². The predicted molar refractivity (Wildman–Crippen MR) is 80.8 cm³/mol. The molecule has 0 atom stereocenters. The maximum absolute atomic E-state index is 13.1. The Bertz CT molecular complexity index is 958. The third-order valence-electron chi connectivity index (χ3n) is 3.84. The van der Waals surface area contributed by atoms with Crippen LogP contribution in [0.25, 0.3) is 5.69 Å². The second-order valence-electron chi connectivity index (χ2n) is 5.11. The molecule has 1 heterocycles. The summed E-state index contributed by atoms with van der Waals surface area (Å²) in [5.41, 5.74) is 2.43.